The summed E-state index contributed by atoms with van der Waals surface area (Å²) in [5, 5.41) is 12.6. The second kappa shape index (κ2) is 14.6. The summed E-state index contributed by atoms with van der Waals surface area (Å²) in [6.07, 6.45) is 16.6. The Kier molecular flexibility index (Phi) is 10.4. The summed E-state index contributed by atoms with van der Waals surface area (Å²) >= 11 is 6.19. The maximum Gasteiger partial charge on any atom is 0.240 e. The van der Waals surface area contributed by atoms with Crippen molar-refractivity contribution in [3.05, 3.63) is 77.1 Å². The fourth-order valence-electron chi connectivity index (χ4n) is 8.21. The van der Waals surface area contributed by atoms with E-state index < -0.39 is 0 Å². The Morgan fingerprint density at radius 2 is 1.71 bits per heavy atom. The van der Waals surface area contributed by atoms with Gasteiger partial charge in [-0.25, -0.2) is 9.37 Å². The predicted molar refractivity (Wildman–Crippen MR) is 178 cm³/mol. The first-order valence-corrected chi connectivity index (χ1v) is 17.4. The van der Waals surface area contributed by atoms with Gasteiger partial charge in [0, 0.05) is 42.4 Å². The number of amides is 1. The second-order valence-corrected chi connectivity index (χ2v) is 14.3. The number of anilines is 1. The SMILES string of the molecule is Cc1cc(F)ccc1N[C@H]1CC[C@@H](N[C@H](Cc2ccc(Cl)cc2)C(=O)N2CCC(Cn3cncn3)(C3CCCCC3)CC2)CC1. The number of carbonyl (C=O) groups excluding carboxylic acids is 1. The van der Waals surface area contributed by atoms with Crippen molar-refractivity contribution in [2.75, 3.05) is 18.4 Å². The van der Waals surface area contributed by atoms with E-state index in [1.54, 1.807) is 12.4 Å². The third kappa shape index (κ3) is 8.07. The molecule has 1 aliphatic heterocycles. The summed E-state index contributed by atoms with van der Waals surface area (Å²) in [5.74, 6) is 0.689. The zero-order valence-corrected chi connectivity index (χ0v) is 27.3. The molecule has 2 aromatic carbocycles. The summed E-state index contributed by atoms with van der Waals surface area (Å²) in [4.78, 5) is 20.6. The van der Waals surface area contributed by atoms with Gasteiger partial charge in [0.2, 0.25) is 5.91 Å². The van der Waals surface area contributed by atoms with Gasteiger partial charge >= 0.3 is 0 Å². The summed E-state index contributed by atoms with van der Waals surface area (Å²) in [7, 11) is 0. The first kappa shape index (κ1) is 32.0. The molecule has 1 atom stereocenters. The van der Waals surface area contributed by atoms with Crippen molar-refractivity contribution < 1.29 is 9.18 Å². The Labute approximate surface area is 272 Å². The number of hydrogen-bond acceptors (Lipinski definition) is 5. The highest BCUT2D eigenvalue weighted by Gasteiger charge is 2.44. The normalized spacial score (nSPS) is 23.0. The van der Waals surface area contributed by atoms with Gasteiger partial charge in [-0.2, -0.15) is 5.10 Å². The minimum atomic E-state index is -0.280. The fourth-order valence-corrected chi connectivity index (χ4v) is 8.34. The van der Waals surface area contributed by atoms with Gasteiger partial charge in [0.25, 0.3) is 0 Å². The second-order valence-electron chi connectivity index (χ2n) is 13.8. The van der Waals surface area contributed by atoms with Gasteiger partial charge in [-0.15, -0.1) is 0 Å². The minimum absolute atomic E-state index is 0.165. The highest BCUT2D eigenvalue weighted by Crippen LogP contribution is 2.47. The number of nitrogens with zero attached hydrogens (tertiary/aromatic N) is 4. The van der Waals surface area contributed by atoms with Crippen molar-refractivity contribution in [2.24, 2.45) is 11.3 Å². The Bertz CT molecular complexity index is 1380. The first-order chi connectivity index (χ1) is 21.9. The Balaban J connectivity index is 1.11. The third-order valence-electron chi connectivity index (χ3n) is 10.8. The molecule has 45 heavy (non-hydrogen) atoms. The average molecular weight is 635 g/mol. The van der Waals surface area contributed by atoms with E-state index in [-0.39, 0.29) is 29.2 Å². The lowest BCUT2D eigenvalue weighted by Gasteiger charge is -2.48. The van der Waals surface area contributed by atoms with Crippen LogP contribution in [0.15, 0.2) is 55.1 Å². The maximum atomic E-state index is 14.3. The summed E-state index contributed by atoms with van der Waals surface area (Å²) in [5.41, 5.74) is 3.21. The monoisotopic (exact) mass is 634 g/mol. The van der Waals surface area contributed by atoms with Gasteiger partial charge in [-0.05, 0) is 118 Å². The molecule has 1 saturated heterocycles. The van der Waals surface area contributed by atoms with Crippen LogP contribution in [0.5, 0.6) is 0 Å². The van der Waals surface area contributed by atoms with Gasteiger partial charge in [0.05, 0.1) is 6.04 Å². The molecule has 2 aliphatic carbocycles. The van der Waals surface area contributed by atoms with Crippen LogP contribution in [0.3, 0.4) is 0 Å². The van der Waals surface area contributed by atoms with Gasteiger partial charge in [-0.1, -0.05) is 43.0 Å². The van der Waals surface area contributed by atoms with Crippen LogP contribution in [0.2, 0.25) is 5.02 Å². The molecule has 2 heterocycles. The molecule has 242 valence electrons. The first-order valence-electron chi connectivity index (χ1n) is 17.0. The average Bonchev–Trinajstić information content (AvgIpc) is 3.57. The van der Waals surface area contributed by atoms with Gasteiger partial charge < -0.3 is 15.5 Å². The van der Waals surface area contributed by atoms with Gasteiger partial charge in [-0.3, -0.25) is 9.48 Å². The van der Waals surface area contributed by atoms with Gasteiger partial charge in [0.15, 0.2) is 0 Å². The van der Waals surface area contributed by atoms with Crippen LogP contribution in [0.4, 0.5) is 10.1 Å². The molecular formula is C36H48ClFN6O. The van der Waals surface area contributed by atoms with Gasteiger partial charge in [0.1, 0.15) is 18.5 Å². The van der Waals surface area contributed by atoms with E-state index in [1.165, 1.54) is 38.2 Å². The van der Waals surface area contributed by atoms with Crippen LogP contribution in [0.25, 0.3) is 0 Å². The molecule has 1 amide bonds. The lowest BCUT2D eigenvalue weighted by molar-refractivity contribution is -0.137. The quantitative estimate of drug-likeness (QED) is 0.247. The minimum Gasteiger partial charge on any atom is -0.382 e. The molecule has 1 aromatic heterocycles. The highest BCUT2D eigenvalue weighted by atomic mass is 35.5. The largest absolute Gasteiger partial charge is 0.382 e. The molecule has 0 bridgehead atoms. The summed E-state index contributed by atoms with van der Waals surface area (Å²) in [6.45, 7) is 4.41. The molecule has 2 N–H and O–H groups in total. The van der Waals surface area contributed by atoms with Crippen LogP contribution in [0, 0.1) is 24.1 Å². The number of hydrogen-bond donors (Lipinski definition) is 2. The Hall–Kier alpha value is -2.97. The van der Waals surface area contributed by atoms with E-state index in [0.717, 1.165) is 75.0 Å². The van der Waals surface area contributed by atoms with E-state index in [1.807, 2.05) is 48.3 Å². The summed E-state index contributed by atoms with van der Waals surface area (Å²) in [6, 6.07) is 13.2. The molecular weight excluding hydrogens is 587 g/mol. The van der Waals surface area contributed by atoms with Crippen LogP contribution >= 0.6 is 11.6 Å². The lowest BCUT2D eigenvalue weighted by Crippen LogP contribution is -2.55. The number of piperidine rings is 1. The highest BCUT2D eigenvalue weighted by molar-refractivity contribution is 6.30. The predicted octanol–water partition coefficient (Wildman–Crippen LogP) is 7.19. The number of aryl methyl sites for hydroxylation is 1. The smallest absolute Gasteiger partial charge is 0.240 e. The maximum absolute atomic E-state index is 14.3. The number of aromatic nitrogens is 3. The molecule has 9 heteroatoms. The lowest BCUT2D eigenvalue weighted by atomic mass is 9.63. The van der Waals surface area contributed by atoms with Crippen molar-refractivity contribution >= 4 is 23.2 Å². The molecule has 0 radical (unpaired) electrons. The number of benzene rings is 2. The third-order valence-corrected chi connectivity index (χ3v) is 11.1. The topological polar surface area (TPSA) is 75.1 Å². The van der Waals surface area contributed by atoms with Crippen LogP contribution in [-0.4, -0.2) is 56.8 Å². The van der Waals surface area contributed by atoms with E-state index in [2.05, 4.69) is 25.6 Å². The number of halogens is 2. The molecule has 7 nitrogen and oxygen atoms in total. The standard InChI is InChI=1S/C36H48ClFN6O/c1-26-21-30(38)11-16-33(26)41-31-12-14-32(15-13-31)42-34(22-27-7-9-29(37)10-8-27)35(45)43-19-17-36(18-20-43,23-44-25-39-24-40-44)28-5-3-2-4-6-28/h7-11,16,21,24-25,28,31-32,34,41-42H,2-6,12-15,17-20,22-23H2,1H3/t31-,32+,34-/m1/s1. The van der Waals surface area contributed by atoms with E-state index >= 15 is 0 Å². The van der Waals surface area contributed by atoms with E-state index in [9.17, 15) is 9.18 Å². The molecule has 0 spiro atoms. The van der Waals surface area contributed by atoms with E-state index in [4.69, 9.17) is 11.6 Å². The molecule has 3 aromatic rings. The Morgan fingerprint density at radius 1 is 1.00 bits per heavy atom. The molecule has 3 aliphatic rings. The number of rotatable bonds is 10. The van der Waals surface area contributed by atoms with Crippen molar-refractivity contribution in [1.29, 1.82) is 0 Å². The zero-order chi connectivity index (χ0) is 31.2. The number of likely N-dealkylation sites (tertiary alicyclic amines) is 1. The molecule has 0 unspecified atom stereocenters. The van der Waals surface area contributed by atoms with Crippen molar-refractivity contribution in [3.63, 3.8) is 0 Å². The zero-order valence-electron chi connectivity index (χ0n) is 26.6. The van der Waals surface area contributed by atoms with Crippen LogP contribution in [-0.2, 0) is 17.8 Å². The van der Waals surface area contributed by atoms with Crippen molar-refractivity contribution in [2.45, 2.75) is 109 Å². The fraction of sp³-hybridized carbons (Fsp3) is 0.583. The molecule has 6 rings (SSSR count). The van der Waals surface area contributed by atoms with Crippen LogP contribution in [0.1, 0.15) is 81.8 Å². The van der Waals surface area contributed by atoms with Crippen LogP contribution < -0.4 is 10.6 Å². The molecule has 3 fully saturated rings. The number of nitrogens with one attached hydrogen (secondary N) is 2. The summed E-state index contributed by atoms with van der Waals surface area (Å²) < 4.78 is 15.6. The number of carbonyl (C=O) groups is 1. The van der Waals surface area contributed by atoms with E-state index in [0.29, 0.717) is 23.4 Å². The Morgan fingerprint density at radius 3 is 2.38 bits per heavy atom. The van der Waals surface area contributed by atoms with Crippen molar-refractivity contribution in [1.82, 2.24) is 25.0 Å². The molecule has 2 saturated carbocycles. The van der Waals surface area contributed by atoms with Crippen molar-refractivity contribution in [3.8, 4) is 0 Å².